The third kappa shape index (κ3) is 3.70. The lowest BCUT2D eigenvalue weighted by atomic mass is 10.4. The summed E-state index contributed by atoms with van der Waals surface area (Å²) in [5.74, 6) is 0.518. The number of halogens is 1. The molecule has 0 aromatic carbocycles. The zero-order valence-corrected chi connectivity index (χ0v) is 10.2. The molecule has 0 aliphatic heterocycles. The standard InChI is InChI=1S/C11H15ClN2O2/c1-3-14(4-2)11(15)8-16-9-5-6-10(12)13-7-9/h5-7H,3-4,8H2,1-2H3. The maximum Gasteiger partial charge on any atom is 0.260 e. The monoisotopic (exact) mass is 242 g/mol. The maximum absolute atomic E-state index is 11.6. The van der Waals surface area contributed by atoms with Crippen LogP contribution in [0, 0.1) is 0 Å². The molecule has 88 valence electrons. The van der Waals surface area contributed by atoms with E-state index in [1.165, 1.54) is 6.20 Å². The van der Waals surface area contributed by atoms with Crippen LogP contribution in [0.25, 0.3) is 0 Å². The molecule has 1 amide bonds. The molecule has 0 aliphatic rings. The lowest BCUT2D eigenvalue weighted by Gasteiger charge is -2.18. The number of aromatic nitrogens is 1. The van der Waals surface area contributed by atoms with Crippen molar-refractivity contribution in [1.29, 1.82) is 0 Å². The number of carbonyl (C=O) groups is 1. The summed E-state index contributed by atoms with van der Waals surface area (Å²) in [6.07, 6.45) is 1.50. The molecule has 0 fully saturated rings. The number of rotatable bonds is 5. The second kappa shape index (κ2) is 6.33. The predicted octanol–water partition coefficient (Wildman–Crippen LogP) is 1.98. The van der Waals surface area contributed by atoms with Crippen LogP contribution in [0.5, 0.6) is 5.75 Å². The Labute approximate surface area is 100 Å². The fraction of sp³-hybridized carbons (Fsp3) is 0.455. The van der Waals surface area contributed by atoms with Gasteiger partial charge in [-0.15, -0.1) is 0 Å². The van der Waals surface area contributed by atoms with Crippen molar-refractivity contribution in [3.63, 3.8) is 0 Å². The van der Waals surface area contributed by atoms with Gasteiger partial charge in [-0.3, -0.25) is 4.79 Å². The summed E-state index contributed by atoms with van der Waals surface area (Å²) in [4.78, 5) is 17.2. The molecular weight excluding hydrogens is 228 g/mol. The number of hydrogen-bond donors (Lipinski definition) is 0. The minimum Gasteiger partial charge on any atom is -0.482 e. The van der Waals surface area contributed by atoms with E-state index in [0.717, 1.165) is 0 Å². The molecule has 0 N–H and O–H groups in total. The molecule has 0 atom stereocenters. The molecule has 1 heterocycles. The topological polar surface area (TPSA) is 42.4 Å². The second-order valence-electron chi connectivity index (χ2n) is 3.17. The van der Waals surface area contributed by atoms with Gasteiger partial charge in [0.25, 0.3) is 5.91 Å². The average molecular weight is 243 g/mol. The largest absolute Gasteiger partial charge is 0.482 e. The van der Waals surface area contributed by atoms with E-state index >= 15 is 0 Å². The summed E-state index contributed by atoms with van der Waals surface area (Å²) in [6.45, 7) is 5.29. The summed E-state index contributed by atoms with van der Waals surface area (Å²) in [5.41, 5.74) is 0. The molecule has 0 saturated heterocycles. The molecule has 0 bridgehead atoms. The van der Waals surface area contributed by atoms with Gasteiger partial charge in [-0.2, -0.15) is 0 Å². The molecule has 1 aromatic rings. The van der Waals surface area contributed by atoms with Gasteiger partial charge in [-0.25, -0.2) is 4.98 Å². The number of carbonyl (C=O) groups excluding carboxylic acids is 1. The highest BCUT2D eigenvalue weighted by molar-refractivity contribution is 6.29. The van der Waals surface area contributed by atoms with Crippen molar-refractivity contribution in [2.45, 2.75) is 13.8 Å². The van der Waals surface area contributed by atoms with Gasteiger partial charge in [0.2, 0.25) is 0 Å². The van der Waals surface area contributed by atoms with E-state index in [2.05, 4.69) is 4.98 Å². The summed E-state index contributed by atoms with van der Waals surface area (Å²) in [6, 6.07) is 3.31. The van der Waals surface area contributed by atoms with Crippen LogP contribution in [0.1, 0.15) is 13.8 Å². The Kier molecular flexibility index (Phi) is 5.05. The molecule has 4 nitrogen and oxygen atoms in total. The van der Waals surface area contributed by atoms with Crippen LogP contribution in [0.4, 0.5) is 0 Å². The minimum absolute atomic E-state index is 0.0278. The molecule has 1 aromatic heterocycles. The van der Waals surface area contributed by atoms with Crippen molar-refractivity contribution >= 4 is 17.5 Å². The maximum atomic E-state index is 11.6. The van der Waals surface area contributed by atoms with Crippen LogP contribution in [0.15, 0.2) is 18.3 Å². The number of pyridine rings is 1. The lowest BCUT2D eigenvalue weighted by Crippen LogP contribution is -2.34. The average Bonchev–Trinajstić information content (AvgIpc) is 2.30. The molecule has 0 spiro atoms. The quantitative estimate of drug-likeness (QED) is 0.742. The van der Waals surface area contributed by atoms with Crippen molar-refractivity contribution in [2.24, 2.45) is 0 Å². The van der Waals surface area contributed by atoms with Crippen LogP contribution < -0.4 is 4.74 Å². The summed E-state index contributed by atoms with van der Waals surface area (Å²) >= 11 is 5.63. The van der Waals surface area contributed by atoms with E-state index in [-0.39, 0.29) is 12.5 Å². The fourth-order valence-corrected chi connectivity index (χ4v) is 1.37. The summed E-state index contributed by atoms with van der Waals surface area (Å²) in [5, 5.41) is 0.405. The van der Waals surface area contributed by atoms with E-state index in [9.17, 15) is 4.79 Å². The molecule has 16 heavy (non-hydrogen) atoms. The molecule has 0 saturated carbocycles. The number of amides is 1. The zero-order valence-electron chi connectivity index (χ0n) is 9.44. The van der Waals surface area contributed by atoms with Crippen molar-refractivity contribution < 1.29 is 9.53 Å². The third-order valence-electron chi connectivity index (χ3n) is 2.18. The highest BCUT2D eigenvalue weighted by atomic mass is 35.5. The normalized spacial score (nSPS) is 9.94. The highest BCUT2D eigenvalue weighted by Crippen LogP contribution is 2.11. The lowest BCUT2D eigenvalue weighted by molar-refractivity contribution is -0.132. The predicted molar refractivity (Wildman–Crippen MR) is 62.7 cm³/mol. The number of hydrogen-bond acceptors (Lipinski definition) is 3. The van der Waals surface area contributed by atoms with Gasteiger partial charge < -0.3 is 9.64 Å². The van der Waals surface area contributed by atoms with Crippen LogP contribution >= 0.6 is 11.6 Å². The first-order valence-corrected chi connectivity index (χ1v) is 5.57. The highest BCUT2D eigenvalue weighted by Gasteiger charge is 2.09. The Morgan fingerprint density at radius 2 is 2.12 bits per heavy atom. The number of nitrogens with zero attached hydrogens (tertiary/aromatic N) is 2. The molecule has 0 aliphatic carbocycles. The zero-order chi connectivity index (χ0) is 12.0. The van der Waals surface area contributed by atoms with Crippen LogP contribution in [-0.2, 0) is 4.79 Å². The van der Waals surface area contributed by atoms with Crippen molar-refractivity contribution in [3.05, 3.63) is 23.5 Å². The van der Waals surface area contributed by atoms with Crippen LogP contribution in [-0.4, -0.2) is 35.5 Å². The van der Waals surface area contributed by atoms with Crippen LogP contribution in [0.2, 0.25) is 5.15 Å². The Morgan fingerprint density at radius 3 is 2.62 bits per heavy atom. The van der Waals surface area contributed by atoms with E-state index < -0.39 is 0 Å². The van der Waals surface area contributed by atoms with Gasteiger partial charge in [0, 0.05) is 13.1 Å². The first-order chi connectivity index (χ1) is 7.67. The SMILES string of the molecule is CCN(CC)C(=O)COc1ccc(Cl)nc1. The van der Waals surface area contributed by atoms with Gasteiger partial charge in [0.05, 0.1) is 6.20 Å². The smallest absolute Gasteiger partial charge is 0.260 e. The molecule has 5 heteroatoms. The Hall–Kier alpha value is -1.29. The van der Waals surface area contributed by atoms with E-state index in [1.807, 2.05) is 13.8 Å². The second-order valence-corrected chi connectivity index (χ2v) is 3.56. The third-order valence-corrected chi connectivity index (χ3v) is 2.40. The molecule has 1 rings (SSSR count). The van der Waals surface area contributed by atoms with E-state index in [4.69, 9.17) is 16.3 Å². The first kappa shape index (κ1) is 12.8. The van der Waals surface area contributed by atoms with Crippen molar-refractivity contribution in [3.8, 4) is 5.75 Å². The Morgan fingerprint density at radius 1 is 1.44 bits per heavy atom. The Bertz CT molecular complexity index is 336. The van der Waals surface area contributed by atoms with Gasteiger partial charge in [-0.1, -0.05) is 11.6 Å². The van der Waals surface area contributed by atoms with Crippen LogP contribution in [0.3, 0.4) is 0 Å². The van der Waals surface area contributed by atoms with E-state index in [1.54, 1.807) is 17.0 Å². The fourth-order valence-electron chi connectivity index (χ4n) is 1.26. The van der Waals surface area contributed by atoms with E-state index in [0.29, 0.717) is 24.0 Å². The van der Waals surface area contributed by atoms with Gasteiger partial charge >= 0.3 is 0 Å². The van der Waals surface area contributed by atoms with Crippen molar-refractivity contribution in [1.82, 2.24) is 9.88 Å². The molecule has 0 unspecified atom stereocenters. The Balaban J connectivity index is 2.45. The minimum atomic E-state index is -0.0278. The van der Waals surface area contributed by atoms with Gasteiger partial charge in [0.15, 0.2) is 6.61 Å². The number of likely N-dealkylation sites (N-methyl/N-ethyl adjacent to an activating group) is 1. The molecule has 0 radical (unpaired) electrons. The molecular formula is C11H15ClN2O2. The van der Waals surface area contributed by atoms with Gasteiger partial charge in [-0.05, 0) is 26.0 Å². The first-order valence-electron chi connectivity index (χ1n) is 5.19. The van der Waals surface area contributed by atoms with Crippen molar-refractivity contribution in [2.75, 3.05) is 19.7 Å². The summed E-state index contributed by atoms with van der Waals surface area (Å²) < 4.78 is 5.30. The van der Waals surface area contributed by atoms with Gasteiger partial charge in [0.1, 0.15) is 10.9 Å². The summed E-state index contributed by atoms with van der Waals surface area (Å²) in [7, 11) is 0. The number of ether oxygens (including phenoxy) is 1.